The minimum atomic E-state index is 0.353. The molecule has 0 amide bonds. The smallest absolute Gasteiger partial charge is 0.163 e. The zero-order valence-electron chi connectivity index (χ0n) is 33.7. The van der Waals surface area contributed by atoms with Crippen molar-refractivity contribution in [3.05, 3.63) is 89.7 Å². The van der Waals surface area contributed by atoms with E-state index in [1.54, 1.807) is 21.3 Å². The highest BCUT2D eigenvalue weighted by molar-refractivity contribution is 6.31. The molecule has 1 unspecified atom stereocenters. The Labute approximate surface area is 341 Å². The molecule has 300 valence electrons. The van der Waals surface area contributed by atoms with Gasteiger partial charge in [0.25, 0.3) is 0 Å². The lowest BCUT2D eigenvalue weighted by atomic mass is 10.1. The number of nitrogens with zero attached hydrogens (tertiary/aromatic N) is 4. The average Bonchev–Trinajstić information content (AvgIpc) is 3.23. The lowest BCUT2D eigenvalue weighted by molar-refractivity contribution is 0.132. The van der Waals surface area contributed by atoms with Crippen molar-refractivity contribution in [2.24, 2.45) is 0 Å². The Morgan fingerprint density at radius 2 is 1.54 bits per heavy atom. The number of terminal acetylenes is 1. The first-order valence-electron chi connectivity index (χ1n) is 19.2. The Morgan fingerprint density at radius 1 is 0.789 bits per heavy atom. The number of hydrogen-bond acceptors (Lipinski definition) is 11. The molecule has 2 heterocycles. The van der Waals surface area contributed by atoms with E-state index < -0.39 is 0 Å². The van der Waals surface area contributed by atoms with Gasteiger partial charge in [-0.1, -0.05) is 37.4 Å². The van der Waals surface area contributed by atoms with Crippen LogP contribution in [-0.4, -0.2) is 93.3 Å². The number of hydrogen-bond donors (Lipinski definition) is 2. The standard InChI is InChI=1S/C23H30ClN3O.C22H23N3O4/c1-5-27(6-2)13-7-8-16(3)25-23-19-11-9-17(24)14-22(19)26-21-12-10-18(28-4)15-20(21)23;1-4-16-6-5-7-17(12-16)25-22-18-13-20(28-10-8-26-2)21(29-11-9-27-3)14-19(18)23-15-24-22/h9-12,14-16H,5-8,13H2,1-4H3,(H,25,26);1,5-7,12-15H,8-11H2,2-3H3,(H,23,24,25). The number of anilines is 3. The molecule has 0 saturated carbocycles. The van der Waals surface area contributed by atoms with Crippen molar-refractivity contribution < 1.29 is 23.7 Å². The molecule has 0 aliphatic carbocycles. The van der Waals surface area contributed by atoms with E-state index in [1.807, 2.05) is 60.7 Å². The van der Waals surface area contributed by atoms with Gasteiger partial charge in [0.05, 0.1) is 42.6 Å². The highest BCUT2D eigenvalue weighted by Gasteiger charge is 2.15. The van der Waals surface area contributed by atoms with Crippen molar-refractivity contribution in [2.75, 3.05) is 78.0 Å². The minimum absolute atomic E-state index is 0.353. The van der Waals surface area contributed by atoms with Gasteiger partial charge in [-0.05, 0) is 100 Å². The van der Waals surface area contributed by atoms with E-state index in [-0.39, 0.29) is 0 Å². The van der Waals surface area contributed by atoms with Crippen LogP contribution in [0.25, 0.3) is 32.7 Å². The largest absolute Gasteiger partial charge is 0.497 e. The maximum Gasteiger partial charge on any atom is 0.163 e. The normalized spacial score (nSPS) is 11.6. The highest BCUT2D eigenvalue weighted by atomic mass is 35.5. The third-order valence-corrected chi connectivity index (χ3v) is 9.66. The summed E-state index contributed by atoms with van der Waals surface area (Å²) in [6.07, 6.45) is 9.28. The topological polar surface area (TPSA) is 112 Å². The second kappa shape index (κ2) is 21.8. The summed E-state index contributed by atoms with van der Waals surface area (Å²) in [6.45, 7) is 11.8. The molecule has 0 aliphatic heterocycles. The number of aromatic nitrogens is 3. The first-order chi connectivity index (χ1) is 27.8. The third kappa shape index (κ3) is 11.8. The number of ether oxygens (including phenoxy) is 5. The molecule has 12 heteroatoms. The number of halogens is 1. The number of nitrogens with one attached hydrogen (secondary N) is 2. The quantitative estimate of drug-likeness (QED) is 0.0465. The van der Waals surface area contributed by atoms with Crippen molar-refractivity contribution in [1.82, 2.24) is 19.9 Å². The van der Waals surface area contributed by atoms with Crippen LogP contribution in [0.2, 0.25) is 5.02 Å². The van der Waals surface area contributed by atoms with E-state index in [0.717, 1.165) is 81.5 Å². The summed E-state index contributed by atoms with van der Waals surface area (Å²) in [5.74, 6) is 5.28. The zero-order chi connectivity index (χ0) is 40.6. The third-order valence-electron chi connectivity index (χ3n) is 9.42. The summed E-state index contributed by atoms with van der Waals surface area (Å²) < 4.78 is 27.2. The predicted octanol–water partition coefficient (Wildman–Crippen LogP) is 9.38. The summed E-state index contributed by atoms with van der Waals surface area (Å²) in [7, 11) is 4.94. The average molecular weight is 793 g/mol. The van der Waals surface area contributed by atoms with E-state index in [1.165, 1.54) is 12.7 Å². The molecule has 1 atom stereocenters. The van der Waals surface area contributed by atoms with Gasteiger partial charge in [-0.15, -0.1) is 6.42 Å². The Kier molecular flexibility index (Phi) is 16.3. The Hall–Kier alpha value is -5.38. The Balaban J connectivity index is 0.000000218. The number of rotatable bonds is 19. The van der Waals surface area contributed by atoms with Crippen LogP contribution in [0, 0.1) is 12.3 Å². The summed E-state index contributed by atoms with van der Waals surface area (Å²) in [4.78, 5) is 16.0. The van der Waals surface area contributed by atoms with Crippen molar-refractivity contribution in [1.29, 1.82) is 0 Å². The Morgan fingerprint density at radius 3 is 2.25 bits per heavy atom. The fourth-order valence-corrected chi connectivity index (χ4v) is 6.51. The molecular weight excluding hydrogens is 740 g/mol. The van der Waals surface area contributed by atoms with Crippen LogP contribution < -0.4 is 24.8 Å². The molecule has 0 saturated heterocycles. The maximum absolute atomic E-state index is 6.22. The number of methoxy groups -OCH3 is 3. The number of pyridine rings is 1. The van der Waals surface area contributed by atoms with Crippen molar-refractivity contribution >= 4 is 61.5 Å². The lowest BCUT2D eigenvalue weighted by Crippen LogP contribution is -2.25. The van der Waals surface area contributed by atoms with Gasteiger partial charge < -0.3 is 39.2 Å². The molecule has 4 aromatic carbocycles. The van der Waals surface area contributed by atoms with Crippen LogP contribution in [-0.2, 0) is 9.47 Å². The van der Waals surface area contributed by atoms with Crippen LogP contribution in [0.4, 0.5) is 17.2 Å². The van der Waals surface area contributed by atoms with Gasteiger partial charge in [-0.25, -0.2) is 15.0 Å². The molecule has 0 fully saturated rings. The molecule has 0 spiro atoms. The fraction of sp³-hybridized carbons (Fsp3) is 0.356. The van der Waals surface area contributed by atoms with Gasteiger partial charge in [0.2, 0.25) is 0 Å². The van der Waals surface area contributed by atoms with Crippen LogP contribution in [0.5, 0.6) is 17.2 Å². The first kappa shape index (κ1) is 42.8. The van der Waals surface area contributed by atoms with E-state index in [2.05, 4.69) is 64.3 Å². The molecular formula is C45H53ClN6O5. The van der Waals surface area contributed by atoms with Gasteiger partial charge in [-0.3, -0.25) is 0 Å². The molecule has 2 aromatic heterocycles. The van der Waals surface area contributed by atoms with Crippen molar-refractivity contribution in [3.63, 3.8) is 0 Å². The van der Waals surface area contributed by atoms with E-state index in [0.29, 0.717) is 54.8 Å². The monoisotopic (exact) mass is 792 g/mol. The van der Waals surface area contributed by atoms with E-state index >= 15 is 0 Å². The summed E-state index contributed by atoms with van der Waals surface area (Å²) in [5, 5.41) is 10.7. The maximum atomic E-state index is 6.22. The molecule has 11 nitrogen and oxygen atoms in total. The molecule has 6 aromatic rings. The van der Waals surface area contributed by atoms with E-state index in [9.17, 15) is 0 Å². The fourth-order valence-electron chi connectivity index (χ4n) is 6.34. The summed E-state index contributed by atoms with van der Waals surface area (Å²) in [6, 6.07) is 23.5. The molecule has 0 bridgehead atoms. The lowest BCUT2D eigenvalue weighted by Gasteiger charge is -2.22. The first-order valence-corrected chi connectivity index (χ1v) is 19.6. The molecule has 57 heavy (non-hydrogen) atoms. The van der Waals surface area contributed by atoms with Crippen LogP contribution in [0.1, 0.15) is 39.2 Å². The van der Waals surface area contributed by atoms with Crippen molar-refractivity contribution in [3.8, 4) is 29.6 Å². The number of fused-ring (bicyclic) bond motifs is 3. The van der Waals surface area contributed by atoms with Crippen LogP contribution in [0.3, 0.4) is 0 Å². The van der Waals surface area contributed by atoms with E-state index in [4.69, 9.17) is 46.7 Å². The van der Waals surface area contributed by atoms with Gasteiger partial charge in [0, 0.05) is 58.8 Å². The van der Waals surface area contributed by atoms with Gasteiger partial charge >= 0.3 is 0 Å². The second-order valence-electron chi connectivity index (χ2n) is 13.3. The zero-order valence-corrected chi connectivity index (χ0v) is 34.5. The second-order valence-corrected chi connectivity index (χ2v) is 13.8. The number of benzene rings is 4. The summed E-state index contributed by atoms with van der Waals surface area (Å²) in [5.41, 5.74) is 5.29. The highest BCUT2D eigenvalue weighted by Crippen LogP contribution is 2.36. The Bertz CT molecular complexity index is 2260. The summed E-state index contributed by atoms with van der Waals surface area (Å²) >= 11 is 6.22. The molecule has 2 N–H and O–H groups in total. The predicted molar refractivity (Wildman–Crippen MR) is 233 cm³/mol. The van der Waals surface area contributed by atoms with Gasteiger partial charge in [-0.2, -0.15) is 0 Å². The van der Waals surface area contributed by atoms with Crippen LogP contribution in [0.15, 0.2) is 79.1 Å². The molecule has 6 rings (SSSR count). The SMILES string of the molecule is C#Cc1cccc(Nc2ncnc3cc(OCCOC)c(OCCOC)cc23)c1.CCN(CC)CCCC(C)Nc1c2ccc(Cl)cc2nc2ccc(OC)cc12. The minimum Gasteiger partial charge on any atom is -0.497 e. The van der Waals surface area contributed by atoms with Gasteiger partial charge in [0.1, 0.15) is 31.1 Å². The van der Waals surface area contributed by atoms with Gasteiger partial charge in [0.15, 0.2) is 11.5 Å². The van der Waals surface area contributed by atoms with Crippen LogP contribution >= 0.6 is 11.6 Å². The molecule has 0 radical (unpaired) electrons. The van der Waals surface area contributed by atoms with Crippen molar-refractivity contribution in [2.45, 2.75) is 39.7 Å². The molecule has 0 aliphatic rings.